The standard InChI is InChI=1S/C18H22ClNO/c1-3-20-17(11-14-7-5-4-6-8-14)13-15-12-16(19)9-10-18(15)21-2/h4-10,12,17,20H,3,11,13H2,1-2H3. The maximum Gasteiger partial charge on any atom is 0.122 e. The maximum atomic E-state index is 6.12. The first-order valence-electron chi connectivity index (χ1n) is 7.32. The second-order valence-corrected chi connectivity index (χ2v) is 5.54. The third kappa shape index (κ3) is 4.76. The summed E-state index contributed by atoms with van der Waals surface area (Å²) in [6.07, 6.45) is 1.89. The molecule has 0 bridgehead atoms. The third-order valence-corrected chi connectivity index (χ3v) is 3.76. The molecule has 1 atom stereocenters. The largest absolute Gasteiger partial charge is 0.496 e. The van der Waals surface area contributed by atoms with E-state index in [1.807, 2.05) is 24.3 Å². The lowest BCUT2D eigenvalue weighted by Gasteiger charge is -2.19. The monoisotopic (exact) mass is 303 g/mol. The van der Waals surface area contributed by atoms with Gasteiger partial charge in [-0.3, -0.25) is 0 Å². The summed E-state index contributed by atoms with van der Waals surface area (Å²) in [6, 6.07) is 16.7. The normalized spacial score (nSPS) is 12.1. The van der Waals surface area contributed by atoms with Crippen molar-refractivity contribution in [3.8, 4) is 5.75 Å². The minimum absolute atomic E-state index is 0.366. The van der Waals surface area contributed by atoms with Gasteiger partial charge in [-0.15, -0.1) is 0 Å². The number of rotatable bonds is 7. The lowest BCUT2D eigenvalue weighted by atomic mass is 9.98. The van der Waals surface area contributed by atoms with Gasteiger partial charge < -0.3 is 10.1 Å². The van der Waals surface area contributed by atoms with Crippen LogP contribution in [0.15, 0.2) is 48.5 Å². The van der Waals surface area contributed by atoms with Crippen molar-refractivity contribution < 1.29 is 4.74 Å². The number of benzene rings is 2. The number of hydrogen-bond donors (Lipinski definition) is 1. The molecule has 0 radical (unpaired) electrons. The number of likely N-dealkylation sites (N-methyl/N-ethyl adjacent to an activating group) is 1. The highest BCUT2D eigenvalue weighted by atomic mass is 35.5. The predicted molar refractivity (Wildman–Crippen MR) is 89.3 cm³/mol. The van der Waals surface area contributed by atoms with Gasteiger partial charge in [-0.1, -0.05) is 48.9 Å². The second kappa shape index (κ2) is 8.06. The summed E-state index contributed by atoms with van der Waals surface area (Å²) in [5.41, 5.74) is 2.48. The van der Waals surface area contributed by atoms with Crippen LogP contribution in [0.2, 0.25) is 5.02 Å². The van der Waals surface area contributed by atoms with E-state index in [4.69, 9.17) is 16.3 Å². The Bertz CT molecular complexity index is 556. The fourth-order valence-corrected chi connectivity index (χ4v) is 2.77. The van der Waals surface area contributed by atoms with Gasteiger partial charge in [-0.25, -0.2) is 0 Å². The van der Waals surface area contributed by atoms with E-state index in [1.54, 1.807) is 7.11 Å². The molecule has 0 heterocycles. The number of halogens is 1. The molecule has 0 aliphatic rings. The van der Waals surface area contributed by atoms with E-state index in [0.29, 0.717) is 6.04 Å². The first kappa shape index (κ1) is 15.9. The predicted octanol–water partition coefficient (Wildman–Crippen LogP) is 4.11. The van der Waals surface area contributed by atoms with Crippen molar-refractivity contribution in [1.29, 1.82) is 0 Å². The highest BCUT2D eigenvalue weighted by Gasteiger charge is 2.13. The van der Waals surface area contributed by atoms with Crippen LogP contribution in [0.3, 0.4) is 0 Å². The molecule has 112 valence electrons. The van der Waals surface area contributed by atoms with E-state index < -0.39 is 0 Å². The number of hydrogen-bond acceptors (Lipinski definition) is 2. The smallest absolute Gasteiger partial charge is 0.122 e. The Morgan fingerprint density at radius 3 is 2.52 bits per heavy atom. The van der Waals surface area contributed by atoms with Crippen LogP contribution < -0.4 is 10.1 Å². The van der Waals surface area contributed by atoms with Gasteiger partial charge in [0.15, 0.2) is 0 Å². The minimum atomic E-state index is 0.366. The minimum Gasteiger partial charge on any atom is -0.496 e. The van der Waals surface area contributed by atoms with Crippen LogP contribution >= 0.6 is 11.6 Å². The lowest BCUT2D eigenvalue weighted by molar-refractivity contribution is 0.404. The summed E-state index contributed by atoms with van der Waals surface area (Å²) >= 11 is 6.12. The lowest BCUT2D eigenvalue weighted by Crippen LogP contribution is -2.33. The van der Waals surface area contributed by atoms with Crippen molar-refractivity contribution in [2.24, 2.45) is 0 Å². The van der Waals surface area contributed by atoms with Crippen molar-refractivity contribution in [3.05, 3.63) is 64.7 Å². The number of nitrogens with one attached hydrogen (secondary N) is 1. The summed E-state index contributed by atoms with van der Waals surface area (Å²) < 4.78 is 5.44. The van der Waals surface area contributed by atoms with E-state index >= 15 is 0 Å². The Balaban J connectivity index is 2.14. The second-order valence-electron chi connectivity index (χ2n) is 5.10. The van der Waals surface area contributed by atoms with Crippen molar-refractivity contribution in [3.63, 3.8) is 0 Å². The Labute approximate surface area is 132 Å². The molecule has 0 saturated carbocycles. The Morgan fingerprint density at radius 2 is 1.86 bits per heavy atom. The highest BCUT2D eigenvalue weighted by Crippen LogP contribution is 2.24. The van der Waals surface area contributed by atoms with E-state index in [0.717, 1.165) is 35.7 Å². The summed E-state index contributed by atoms with van der Waals surface area (Å²) in [5, 5.41) is 4.30. The molecule has 0 aromatic heterocycles. The molecule has 21 heavy (non-hydrogen) atoms. The average molecular weight is 304 g/mol. The van der Waals surface area contributed by atoms with E-state index in [2.05, 4.69) is 36.5 Å². The molecule has 1 N–H and O–H groups in total. The molecule has 2 nitrogen and oxygen atoms in total. The fourth-order valence-electron chi connectivity index (χ4n) is 2.58. The summed E-state index contributed by atoms with van der Waals surface area (Å²) in [5.74, 6) is 0.898. The average Bonchev–Trinajstić information content (AvgIpc) is 2.49. The zero-order valence-electron chi connectivity index (χ0n) is 12.6. The molecule has 0 fully saturated rings. The quantitative estimate of drug-likeness (QED) is 0.831. The van der Waals surface area contributed by atoms with Crippen LogP contribution in [0.5, 0.6) is 5.75 Å². The fraction of sp³-hybridized carbons (Fsp3) is 0.333. The van der Waals surface area contributed by atoms with E-state index in [1.165, 1.54) is 5.56 Å². The SMILES string of the molecule is CCNC(Cc1ccccc1)Cc1cc(Cl)ccc1OC. The van der Waals surface area contributed by atoms with Crippen molar-refractivity contribution in [2.75, 3.05) is 13.7 Å². The van der Waals surface area contributed by atoms with Gasteiger partial charge in [0.2, 0.25) is 0 Å². The van der Waals surface area contributed by atoms with Crippen LogP contribution in [0.4, 0.5) is 0 Å². The molecule has 0 amide bonds. The Kier molecular flexibility index (Phi) is 6.09. The van der Waals surface area contributed by atoms with E-state index in [-0.39, 0.29) is 0 Å². The zero-order valence-corrected chi connectivity index (χ0v) is 13.4. The molecule has 0 saturated heterocycles. The summed E-state index contributed by atoms with van der Waals surface area (Å²) in [7, 11) is 1.70. The highest BCUT2D eigenvalue weighted by molar-refractivity contribution is 6.30. The maximum absolute atomic E-state index is 6.12. The van der Waals surface area contributed by atoms with Gasteiger partial charge in [0.25, 0.3) is 0 Å². The van der Waals surface area contributed by atoms with Crippen molar-refractivity contribution >= 4 is 11.6 Å². The molecule has 3 heteroatoms. The summed E-state index contributed by atoms with van der Waals surface area (Å²) in [6.45, 7) is 3.08. The Hall–Kier alpha value is -1.51. The van der Waals surface area contributed by atoms with Gasteiger partial charge in [0.05, 0.1) is 7.11 Å². The van der Waals surface area contributed by atoms with Gasteiger partial charge >= 0.3 is 0 Å². The summed E-state index contributed by atoms with van der Waals surface area (Å²) in [4.78, 5) is 0. The number of ether oxygens (including phenoxy) is 1. The molecular weight excluding hydrogens is 282 g/mol. The molecule has 0 aliphatic heterocycles. The van der Waals surface area contributed by atoms with Crippen LogP contribution in [0.1, 0.15) is 18.1 Å². The zero-order chi connectivity index (χ0) is 15.1. The molecule has 2 rings (SSSR count). The molecular formula is C18H22ClNO. The van der Waals surface area contributed by atoms with Gasteiger partial charge in [0, 0.05) is 11.1 Å². The van der Waals surface area contributed by atoms with Gasteiger partial charge in [0.1, 0.15) is 5.75 Å². The Morgan fingerprint density at radius 1 is 1.10 bits per heavy atom. The van der Waals surface area contributed by atoms with Gasteiger partial charge in [-0.2, -0.15) is 0 Å². The molecule has 0 aliphatic carbocycles. The molecule has 0 spiro atoms. The van der Waals surface area contributed by atoms with Crippen molar-refractivity contribution in [1.82, 2.24) is 5.32 Å². The van der Waals surface area contributed by atoms with Gasteiger partial charge in [-0.05, 0) is 48.7 Å². The van der Waals surface area contributed by atoms with E-state index in [9.17, 15) is 0 Å². The first-order valence-corrected chi connectivity index (χ1v) is 7.70. The van der Waals surface area contributed by atoms with Crippen LogP contribution in [0, 0.1) is 0 Å². The van der Waals surface area contributed by atoms with Crippen LogP contribution in [-0.4, -0.2) is 19.7 Å². The first-order chi connectivity index (χ1) is 10.2. The molecule has 2 aromatic carbocycles. The van der Waals surface area contributed by atoms with Crippen LogP contribution in [0.25, 0.3) is 0 Å². The topological polar surface area (TPSA) is 21.3 Å². The molecule has 1 unspecified atom stereocenters. The third-order valence-electron chi connectivity index (χ3n) is 3.53. The molecule has 2 aromatic rings. The van der Waals surface area contributed by atoms with Crippen molar-refractivity contribution in [2.45, 2.75) is 25.8 Å². The number of methoxy groups -OCH3 is 1. The van der Waals surface area contributed by atoms with Crippen LogP contribution in [-0.2, 0) is 12.8 Å².